The van der Waals surface area contributed by atoms with Gasteiger partial charge in [-0.1, -0.05) is 35.5 Å². The maximum atomic E-state index is 11.2. The Hall–Kier alpha value is -1.01. The second-order valence-corrected chi connectivity index (χ2v) is 8.81. The number of fused-ring (bicyclic) bond motifs is 2. The third-order valence-electron chi connectivity index (χ3n) is 3.90. The van der Waals surface area contributed by atoms with Crippen LogP contribution in [0.2, 0.25) is 5.02 Å². The Labute approximate surface area is 150 Å². The SMILES string of the molecule is CN(CCCN1c2ccccc2Sc2ccc(Cl)cc21)P(=O)(O)O. The van der Waals surface area contributed by atoms with Gasteiger partial charge in [-0.2, -0.15) is 0 Å². The fourth-order valence-corrected chi connectivity index (χ4v) is 4.28. The first-order valence-electron chi connectivity index (χ1n) is 7.47. The zero-order chi connectivity index (χ0) is 17.3. The summed E-state index contributed by atoms with van der Waals surface area (Å²) >= 11 is 7.87. The molecule has 0 amide bonds. The first-order valence-corrected chi connectivity index (χ1v) is 10.2. The predicted molar refractivity (Wildman–Crippen MR) is 98.3 cm³/mol. The minimum absolute atomic E-state index is 0.311. The van der Waals surface area contributed by atoms with E-state index in [4.69, 9.17) is 11.6 Å². The highest BCUT2D eigenvalue weighted by Gasteiger charge is 2.24. The molecule has 0 unspecified atom stereocenters. The van der Waals surface area contributed by atoms with Crippen LogP contribution in [0.15, 0.2) is 52.3 Å². The summed E-state index contributed by atoms with van der Waals surface area (Å²) in [4.78, 5) is 22.8. The van der Waals surface area contributed by atoms with Gasteiger partial charge in [0.05, 0.1) is 11.4 Å². The van der Waals surface area contributed by atoms with Crippen LogP contribution >= 0.6 is 31.1 Å². The van der Waals surface area contributed by atoms with Crippen LogP contribution in [0.3, 0.4) is 0 Å². The second kappa shape index (κ2) is 7.08. The topological polar surface area (TPSA) is 64.0 Å². The molecular formula is C16H18ClN2O3PS. The van der Waals surface area contributed by atoms with Crippen molar-refractivity contribution in [2.24, 2.45) is 0 Å². The van der Waals surface area contributed by atoms with Crippen LogP contribution in [-0.4, -0.2) is 34.6 Å². The van der Waals surface area contributed by atoms with E-state index in [9.17, 15) is 14.4 Å². The van der Waals surface area contributed by atoms with E-state index in [0.29, 0.717) is 24.5 Å². The summed E-state index contributed by atoms with van der Waals surface area (Å²) in [5.74, 6) is 0. The van der Waals surface area contributed by atoms with Crippen LogP contribution in [-0.2, 0) is 4.57 Å². The van der Waals surface area contributed by atoms with Crippen LogP contribution in [0.25, 0.3) is 0 Å². The molecule has 0 fully saturated rings. The molecule has 3 rings (SSSR count). The smallest absolute Gasteiger partial charge is 0.340 e. The average molecular weight is 385 g/mol. The van der Waals surface area contributed by atoms with Crippen molar-refractivity contribution in [3.8, 4) is 0 Å². The average Bonchev–Trinajstić information content (AvgIpc) is 2.53. The lowest BCUT2D eigenvalue weighted by Gasteiger charge is -2.33. The van der Waals surface area contributed by atoms with E-state index in [0.717, 1.165) is 25.8 Å². The van der Waals surface area contributed by atoms with E-state index >= 15 is 0 Å². The van der Waals surface area contributed by atoms with Crippen LogP contribution in [0.4, 0.5) is 11.4 Å². The Morgan fingerprint density at radius 1 is 1.17 bits per heavy atom. The van der Waals surface area contributed by atoms with Gasteiger partial charge in [0.1, 0.15) is 0 Å². The van der Waals surface area contributed by atoms with Crippen LogP contribution in [0, 0.1) is 0 Å². The molecule has 128 valence electrons. The van der Waals surface area contributed by atoms with Crippen molar-refractivity contribution in [2.45, 2.75) is 16.2 Å². The van der Waals surface area contributed by atoms with E-state index in [1.165, 1.54) is 7.05 Å². The van der Waals surface area contributed by atoms with Crippen molar-refractivity contribution in [2.75, 3.05) is 25.0 Å². The van der Waals surface area contributed by atoms with Gasteiger partial charge in [-0.05, 0) is 43.8 Å². The molecule has 1 aliphatic rings. The molecule has 0 spiro atoms. The van der Waals surface area contributed by atoms with Gasteiger partial charge in [-0.15, -0.1) is 0 Å². The summed E-state index contributed by atoms with van der Waals surface area (Å²) in [5.41, 5.74) is 2.13. The molecule has 0 radical (unpaired) electrons. The molecule has 0 saturated carbocycles. The van der Waals surface area contributed by atoms with Gasteiger partial charge in [0.25, 0.3) is 0 Å². The lowest BCUT2D eigenvalue weighted by atomic mass is 10.2. The fourth-order valence-electron chi connectivity index (χ4n) is 2.63. The van der Waals surface area contributed by atoms with Crippen LogP contribution < -0.4 is 4.90 Å². The molecule has 8 heteroatoms. The lowest BCUT2D eigenvalue weighted by molar-refractivity contribution is 0.291. The predicted octanol–water partition coefficient (Wildman–Crippen LogP) is 4.36. The Morgan fingerprint density at radius 2 is 1.88 bits per heavy atom. The second-order valence-electron chi connectivity index (χ2n) is 5.58. The van der Waals surface area contributed by atoms with Crippen molar-refractivity contribution in [1.82, 2.24) is 4.67 Å². The zero-order valence-electron chi connectivity index (χ0n) is 13.1. The molecule has 1 aliphatic heterocycles. The number of halogens is 1. The van der Waals surface area contributed by atoms with E-state index in [2.05, 4.69) is 17.0 Å². The summed E-state index contributed by atoms with van der Waals surface area (Å²) in [6, 6.07) is 13.9. The first kappa shape index (κ1) is 17.8. The summed E-state index contributed by atoms with van der Waals surface area (Å²) in [7, 11) is -2.74. The van der Waals surface area contributed by atoms with Gasteiger partial charge in [-0.25, -0.2) is 9.24 Å². The normalized spacial score (nSPS) is 13.8. The minimum atomic E-state index is -4.18. The number of hydrogen-bond donors (Lipinski definition) is 2. The van der Waals surface area contributed by atoms with E-state index < -0.39 is 7.75 Å². The van der Waals surface area contributed by atoms with Gasteiger partial charge in [0.2, 0.25) is 0 Å². The summed E-state index contributed by atoms with van der Waals surface area (Å²) in [6.07, 6.45) is 0.618. The Kier molecular flexibility index (Phi) is 5.25. The molecule has 5 nitrogen and oxygen atoms in total. The largest absolute Gasteiger partial charge is 0.402 e. The van der Waals surface area contributed by atoms with Crippen molar-refractivity contribution >= 4 is 42.5 Å². The lowest BCUT2D eigenvalue weighted by Crippen LogP contribution is -2.25. The fraction of sp³-hybridized carbons (Fsp3) is 0.250. The van der Waals surface area contributed by atoms with E-state index in [1.54, 1.807) is 11.8 Å². The van der Waals surface area contributed by atoms with E-state index in [1.807, 2.05) is 30.3 Å². The molecular weight excluding hydrogens is 367 g/mol. The van der Waals surface area contributed by atoms with Crippen molar-refractivity contribution in [1.29, 1.82) is 0 Å². The summed E-state index contributed by atoms with van der Waals surface area (Å²) in [5, 5.41) is 0.672. The number of rotatable bonds is 5. The molecule has 0 atom stereocenters. The first-order chi connectivity index (χ1) is 11.4. The van der Waals surface area contributed by atoms with Gasteiger partial charge < -0.3 is 14.7 Å². The van der Waals surface area contributed by atoms with Crippen LogP contribution in [0.1, 0.15) is 6.42 Å². The molecule has 2 N–H and O–H groups in total. The number of anilines is 2. The number of benzene rings is 2. The monoisotopic (exact) mass is 384 g/mol. The highest BCUT2D eigenvalue weighted by atomic mass is 35.5. The van der Waals surface area contributed by atoms with Gasteiger partial charge in [-0.3, -0.25) is 0 Å². The maximum Gasteiger partial charge on any atom is 0.402 e. The highest BCUT2D eigenvalue weighted by molar-refractivity contribution is 7.99. The minimum Gasteiger partial charge on any atom is -0.340 e. The molecule has 0 saturated heterocycles. The van der Waals surface area contributed by atoms with E-state index in [-0.39, 0.29) is 0 Å². The molecule has 2 aromatic carbocycles. The Morgan fingerprint density at radius 3 is 2.62 bits per heavy atom. The summed E-state index contributed by atoms with van der Waals surface area (Å²) in [6.45, 7) is 0.960. The third-order valence-corrected chi connectivity index (χ3v) is 6.35. The summed E-state index contributed by atoms with van der Waals surface area (Å²) < 4.78 is 12.3. The number of hydrogen-bond acceptors (Lipinski definition) is 3. The molecule has 24 heavy (non-hydrogen) atoms. The van der Waals surface area contributed by atoms with Crippen LogP contribution in [0.5, 0.6) is 0 Å². The number of nitrogens with zero attached hydrogens (tertiary/aromatic N) is 2. The molecule has 1 heterocycles. The Bertz CT molecular complexity index is 799. The van der Waals surface area contributed by atoms with Gasteiger partial charge in [0.15, 0.2) is 0 Å². The maximum absolute atomic E-state index is 11.2. The molecule has 0 aliphatic carbocycles. The van der Waals surface area contributed by atoms with Gasteiger partial charge >= 0.3 is 7.75 Å². The molecule has 0 aromatic heterocycles. The third kappa shape index (κ3) is 3.80. The quantitative estimate of drug-likeness (QED) is 0.747. The van der Waals surface area contributed by atoms with Gasteiger partial charge in [0, 0.05) is 27.9 Å². The Balaban J connectivity index is 1.84. The highest BCUT2D eigenvalue weighted by Crippen LogP contribution is 2.48. The van der Waals surface area contributed by atoms with Crippen molar-refractivity contribution in [3.05, 3.63) is 47.5 Å². The number of para-hydroxylation sites is 1. The molecule has 0 bridgehead atoms. The van der Waals surface area contributed by atoms with Crippen molar-refractivity contribution in [3.63, 3.8) is 0 Å². The zero-order valence-corrected chi connectivity index (χ0v) is 15.6. The van der Waals surface area contributed by atoms with Crippen molar-refractivity contribution < 1.29 is 14.4 Å². The standard InChI is InChI=1S/C16H18ClN2O3PS/c1-18(23(20,21)22)9-4-10-19-13-5-2-3-6-15(13)24-16-8-7-12(17)11-14(16)19/h2-3,5-8,11H,4,9-10H2,1H3,(H2,20,21,22). The molecule has 2 aromatic rings.